The molecule has 0 saturated carbocycles. The van der Waals surface area contributed by atoms with Crippen LogP contribution in [0, 0.1) is 6.92 Å². The molecule has 0 aromatic carbocycles. The number of aryl methyl sites for hydroxylation is 1. The highest BCUT2D eigenvalue weighted by molar-refractivity contribution is 7.99. The molecule has 94 valence electrons. The van der Waals surface area contributed by atoms with E-state index in [4.69, 9.17) is 0 Å². The van der Waals surface area contributed by atoms with Crippen LogP contribution in [0.15, 0.2) is 23.4 Å². The van der Waals surface area contributed by atoms with Gasteiger partial charge in [-0.1, -0.05) is 17.8 Å². The second kappa shape index (κ2) is 5.90. The van der Waals surface area contributed by atoms with E-state index in [2.05, 4.69) is 4.98 Å². The predicted molar refractivity (Wildman–Crippen MR) is 58.8 cm³/mol. The Morgan fingerprint density at radius 1 is 1.47 bits per heavy atom. The molecule has 1 aromatic heterocycles. The number of aromatic nitrogens is 1. The van der Waals surface area contributed by atoms with Crippen molar-refractivity contribution in [2.24, 2.45) is 0 Å². The van der Waals surface area contributed by atoms with E-state index in [0.29, 0.717) is 5.03 Å². The first-order chi connectivity index (χ1) is 7.87. The highest BCUT2D eigenvalue weighted by atomic mass is 32.2. The second-order valence-electron chi connectivity index (χ2n) is 3.35. The van der Waals surface area contributed by atoms with Crippen molar-refractivity contribution >= 4 is 17.7 Å². The van der Waals surface area contributed by atoms with Crippen molar-refractivity contribution in [3.63, 3.8) is 0 Å². The molecular weight excluding hydrogens is 253 g/mol. The fourth-order valence-electron chi connectivity index (χ4n) is 0.929. The van der Waals surface area contributed by atoms with Crippen LogP contribution in [-0.2, 0) is 4.79 Å². The Morgan fingerprint density at radius 3 is 2.71 bits per heavy atom. The van der Waals surface area contributed by atoms with E-state index < -0.39 is 18.6 Å². The van der Waals surface area contributed by atoms with Crippen molar-refractivity contribution in [3.8, 4) is 0 Å². The Bertz CT molecular complexity index is 378. The van der Waals surface area contributed by atoms with Gasteiger partial charge in [0.1, 0.15) is 6.54 Å². The lowest BCUT2D eigenvalue weighted by Gasteiger charge is -2.07. The summed E-state index contributed by atoms with van der Waals surface area (Å²) < 4.78 is 35.4. The maximum atomic E-state index is 11.8. The van der Waals surface area contributed by atoms with Crippen LogP contribution in [0.25, 0.3) is 0 Å². The molecule has 17 heavy (non-hydrogen) atoms. The van der Waals surface area contributed by atoms with Gasteiger partial charge < -0.3 is 5.32 Å². The number of hydrogen-bond acceptors (Lipinski definition) is 3. The van der Waals surface area contributed by atoms with Crippen molar-refractivity contribution in [2.45, 2.75) is 18.1 Å². The van der Waals surface area contributed by atoms with E-state index in [1.165, 1.54) is 0 Å². The third-order valence-electron chi connectivity index (χ3n) is 1.72. The zero-order valence-electron chi connectivity index (χ0n) is 9.04. The van der Waals surface area contributed by atoms with Gasteiger partial charge in [-0.3, -0.25) is 4.79 Å². The number of halogens is 3. The summed E-state index contributed by atoms with van der Waals surface area (Å²) in [5.41, 5.74) is 0.982. The van der Waals surface area contributed by atoms with E-state index in [0.717, 1.165) is 17.3 Å². The minimum atomic E-state index is -4.37. The lowest BCUT2D eigenvalue weighted by Crippen LogP contribution is -2.34. The summed E-state index contributed by atoms with van der Waals surface area (Å²) in [6.45, 7) is 0.575. The molecule has 0 spiro atoms. The third kappa shape index (κ3) is 6.15. The molecule has 0 saturated heterocycles. The van der Waals surface area contributed by atoms with Crippen molar-refractivity contribution in [1.29, 1.82) is 0 Å². The normalized spacial score (nSPS) is 11.3. The van der Waals surface area contributed by atoms with Gasteiger partial charge in [0.05, 0.1) is 10.8 Å². The molecular formula is C10H11F3N2OS. The van der Waals surface area contributed by atoms with Gasteiger partial charge in [0.2, 0.25) is 5.91 Å². The molecule has 1 N–H and O–H groups in total. The molecule has 0 fully saturated rings. The number of nitrogens with zero attached hydrogens (tertiary/aromatic N) is 1. The second-order valence-corrected chi connectivity index (χ2v) is 4.35. The molecule has 0 atom stereocenters. The lowest BCUT2D eigenvalue weighted by molar-refractivity contribution is -0.136. The van der Waals surface area contributed by atoms with Gasteiger partial charge in [-0.25, -0.2) is 4.98 Å². The minimum absolute atomic E-state index is 0.0772. The summed E-state index contributed by atoms with van der Waals surface area (Å²) in [6.07, 6.45) is -2.74. The van der Waals surface area contributed by atoms with Crippen LogP contribution in [0.2, 0.25) is 0 Å². The Morgan fingerprint density at radius 2 is 2.18 bits per heavy atom. The van der Waals surface area contributed by atoms with Crippen molar-refractivity contribution < 1.29 is 18.0 Å². The van der Waals surface area contributed by atoms with Crippen molar-refractivity contribution in [3.05, 3.63) is 23.9 Å². The standard InChI is InChI=1S/C10H11F3N2OS/c1-7-2-3-9(14-4-7)17-5-8(16)15-6-10(11,12)13/h2-4H,5-6H2,1H3,(H,15,16). The molecule has 0 aliphatic carbocycles. The molecule has 1 heterocycles. The Balaban J connectivity index is 2.31. The van der Waals surface area contributed by atoms with Gasteiger partial charge in [-0.05, 0) is 18.6 Å². The molecule has 1 amide bonds. The van der Waals surface area contributed by atoms with Gasteiger partial charge in [0.15, 0.2) is 0 Å². The lowest BCUT2D eigenvalue weighted by atomic mass is 10.3. The van der Waals surface area contributed by atoms with Crippen LogP contribution in [0.5, 0.6) is 0 Å². The molecule has 0 bridgehead atoms. The van der Waals surface area contributed by atoms with Gasteiger partial charge >= 0.3 is 6.18 Å². The van der Waals surface area contributed by atoms with Gasteiger partial charge in [0, 0.05) is 6.20 Å². The van der Waals surface area contributed by atoms with Crippen molar-refractivity contribution in [2.75, 3.05) is 12.3 Å². The van der Waals surface area contributed by atoms with Crippen LogP contribution < -0.4 is 5.32 Å². The van der Waals surface area contributed by atoms with Crippen molar-refractivity contribution in [1.82, 2.24) is 10.3 Å². The molecule has 0 aliphatic rings. The first-order valence-electron chi connectivity index (χ1n) is 4.76. The summed E-state index contributed by atoms with van der Waals surface area (Å²) in [4.78, 5) is 15.1. The molecule has 0 radical (unpaired) electrons. The van der Waals surface area contributed by atoms with E-state index in [9.17, 15) is 18.0 Å². The summed E-state index contributed by atoms with van der Waals surface area (Å²) in [5.74, 6) is -0.735. The zero-order valence-corrected chi connectivity index (χ0v) is 9.86. The van der Waals surface area contributed by atoms with Crippen LogP contribution >= 0.6 is 11.8 Å². The number of nitrogens with one attached hydrogen (secondary N) is 1. The fourth-order valence-corrected chi connectivity index (χ4v) is 1.60. The van der Waals surface area contributed by atoms with Gasteiger partial charge in [0.25, 0.3) is 0 Å². The number of thioether (sulfide) groups is 1. The van der Waals surface area contributed by atoms with Crippen LogP contribution in [0.4, 0.5) is 13.2 Å². The topological polar surface area (TPSA) is 42.0 Å². The molecule has 7 heteroatoms. The molecule has 1 rings (SSSR count). The van der Waals surface area contributed by atoms with Gasteiger partial charge in [-0.15, -0.1) is 0 Å². The SMILES string of the molecule is Cc1ccc(SCC(=O)NCC(F)(F)F)nc1. The molecule has 1 aromatic rings. The van der Waals surface area contributed by atoms with Crippen LogP contribution in [-0.4, -0.2) is 29.4 Å². The summed E-state index contributed by atoms with van der Waals surface area (Å²) in [6, 6.07) is 3.54. The minimum Gasteiger partial charge on any atom is -0.346 e. The first kappa shape index (κ1) is 13.8. The fraction of sp³-hybridized carbons (Fsp3) is 0.400. The van der Waals surface area contributed by atoms with Crippen LogP contribution in [0.3, 0.4) is 0 Å². The number of carbonyl (C=O) groups is 1. The maximum absolute atomic E-state index is 11.8. The largest absolute Gasteiger partial charge is 0.405 e. The summed E-state index contributed by atoms with van der Waals surface area (Å²) in [5, 5.41) is 2.40. The Hall–Kier alpha value is -1.24. The number of pyridine rings is 1. The third-order valence-corrected chi connectivity index (χ3v) is 2.67. The zero-order chi connectivity index (χ0) is 12.9. The number of alkyl halides is 3. The van der Waals surface area contributed by atoms with E-state index in [1.54, 1.807) is 17.6 Å². The predicted octanol–water partition coefficient (Wildman–Crippen LogP) is 2.16. The Kier molecular flexibility index (Phi) is 4.80. The van der Waals surface area contributed by atoms with E-state index in [1.807, 2.05) is 13.0 Å². The molecule has 0 unspecified atom stereocenters. The molecule has 0 aliphatic heterocycles. The maximum Gasteiger partial charge on any atom is 0.405 e. The number of hydrogen-bond donors (Lipinski definition) is 1. The molecule has 3 nitrogen and oxygen atoms in total. The van der Waals surface area contributed by atoms with Crippen LogP contribution in [0.1, 0.15) is 5.56 Å². The highest BCUT2D eigenvalue weighted by Crippen LogP contribution is 2.15. The highest BCUT2D eigenvalue weighted by Gasteiger charge is 2.27. The van der Waals surface area contributed by atoms with E-state index in [-0.39, 0.29) is 5.75 Å². The smallest absolute Gasteiger partial charge is 0.346 e. The first-order valence-corrected chi connectivity index (χ1v) is 5.74. The number of rotatable bonds is 4. The monoisotopic (exact) mass is 264 g/mol. The average Bonchev–Trinajstić information content (AvgIpc) is 2.25. The number of amides is 1. The van der Waals surface area contributed by atoms with E-state index >= 15 is 0 Å². The number of carbonyl (C=O) groups excluding carboxylic acids is 1. The summed E-state index contributed by atoms with van der Waals surface area (Å²) >= 11 is 1.10. The van der Waals surface area contributed by atoms with Gasteiger partial charge in [-0.2, -0.15) is 13.2 Å². The average molecular weight is 264 g/mol. The quantitative estimate of drug-likeness (QED) is 0.847. The Labute approximate surface area is 101 Å². The summed E-state index contributed by atoms with van der Waals surface area (Å²) in [7, 11) is 0.